The monoisotopic (exact) mass is 782 g/mol. The Hall–Kier alpha value is -7.58. The van der Waals surface area contributed by atoms with E-state index in [4.69, 9.17) is 23.7 Å². The van der Waals surface area contributed by atoms with E-state index in [1.807, 2.05) is 0 Å². The molecule has 0 unspecified atom stereocenters. The number of rotatable bonds is 10. The zero-order chi connectivity index (χ0) is 41.0. The second-order valence-electron chi connectivity index (χ2n) is 11.8. The number of aromatic hydroxyl groups is 10. The molecule has 294 valence electrons. The molecule has 4 aromatic rings. The molecule has 0 spiro atoms. The van der Waals surface area contributed by atoms with E-state index in [0.717, 1.165) is 6.08 Å². The highest BCUT2D eigenvalue weighted by atomic mass is 16.7. The largest absolute Gasteiger partial charge is 0.508 e. The van der Waals surface area contributed by atoms with Gasteiger partial charge in [-0.05, 0) is 60.2 Å². The van der Waals surface area contributed by atoms with Crippen molar-refractivity contribution in [2.45, 2.75) is 30.7 Å². The summed E-state index contributed by atoms with van der Waals surface area (Å²) in [5, 5.41) is 110. The maximum absolute atomic E-state index is 13.5. The average Bonchev–Trinajstić information content (AvgIpc) is 3.15. The fourth-order valence-electron chi connectivity index (χ4n) is 5.13. The molecular formula is C36H30O20. The molecule has 20 nitrogen and oxygen atoms in total. The highest BCUT2D eigenvalue weighted by Crippen LogP contribution is 2.39. The van der Waals surface area contributed by atoms with E-state index in [9.17, 15) is 75.3 Å². The van der Waals surface area contributed by atoms with Crippen molar-refractivity contribution in [3.8, 4) is 57.5 Å². The summed E-state index contributed by atoms with van der Waals surface area (Å²) in [6.45, 7) is -0.908. The van der Waals surface area contributed by atoms with Gasteiger partial charge in [0.05, 0.1) is 16.7 Å². The smallest absolute Gasteiger partial charge is 0.339 e. The molecule has 5 atom stereocenters. The first-order valence-corrected chi connectivity index (χ1v) is 15.8. The van der Waals surface area contributed by atoms with Crippen molar-refractivity contribution in [3.05, 3.63) is 89.0 Å². The molecule has 1 heterocycles. The van der Waals surface area contributed by atoms with Crippen LogP contribution in [0, 0.1) is 0 Å². The van der Waals surface area contributed by atoms with Gasteiger partial charge in [-0.3, -0.25) is 0 Å². The van der Waals surface area contributed by atoms with E-state index in [2.05, 4.69) is 0 Å². The Bertz CT molecular complexity index is 2130. The van der Waals surface area contributed by atoms with Crippen LogP contribution in [0.4, 0.5) is 0 Å². The van der Waals surface area contributed by atoms with Crippen LogP contribution in [-0.4, -0.2) is 117 Å². The molecule has 0 amide bonds. The lowest BCUT2D eigenvalue weighted by Gasteiger charge is -2.42. The third kappa shape index (κ3) is 8.78. The Balaban J connectivity index is 1.54. The molecule has 0 aliphatic carbocycles. The van der Waals surface area contributed by atoms with Crippen LogP contribution in [0.3, 0.4) is 0 Å². The Kier molecular flexibility index (Phi) is 11.5. The van der Waals surface area contributed by atoms with Crippen LogP contribution in [0.15, 0.2) is 66.7 Å². The zero-order valence-electron chi connectivity index (χ0n) is 28.1. The number of aliphatic hydroxyl groups is 1. The lowest BCUT2D eigenvalue weighted by Crippen LogP contribution is -2.62. The van der Waals surface area contributed by atoms with Crippen molar-refractivity contribution in [1.82, 2.24) is 0 Å². The summed E-state index contributed by atoms with van der Waals surface area (Å²) in [6, 6.07) is 9.48. The van der Waals surface area contributed by atoms with Crippen molar-refractivity contribution < 1.29 is 99.0 Å². The predicted octanol–water partition coefficient (Wildman–Crippen LogP) is 1.69. The van der Waals surface area contributed by atoms with Crippen LogP contribution in [-0.2, 0) is 28.5 Å². The van der Waals surface area contributed by atoms with Gasteiger partial charge in [-0.25, -0.2) is 19.2 Å². The second-order valence-corrected chi connectivity index (χ2v) is 11.8. The minimum atomic E-state index is -2.34. The van der Waals surface area contributed by atoms with Gasteiger partial charge < -0.3 is 79.9 Å². The van der Waals surface area contributed by atoms with Crippen LogP contribution in [0.5, 0.6) is 57.5 Å². The first-order chi connectivity index (χ1) is 26.4. The van der Waals surface area contributed by atoms with Gasteiger partial charge in [0.2, 0.25) is 0 Å². The molecule has 0 radical (unpaired) electrons. The summed E-state index contributed by atoms with van der Waals surface area (Å²) in [5.74, 6) is -14.5. The van der Waals surface area contributed by atoms with E-state index >= 15 is 0 Å². The highest BCUT2D eigenvalue weighted by Gasteiger charge is 2.53. The van der Waals surface area contributed by atoms with Crippen molar-refractivity contribution in [2.75, 3.05) is 6.61 Å². The van der Waals surface area contributed by atoms with E-state index in [-0.39, 0.29) is 5.75 Å². The number of ether oxygens (including phenoxy) is 5. The van der Waals surface area contributed by atoms with Gasteiger partial charge in [0.15, 0.2) is 76.3 Å². The molecule has 1 fully saturated rings. The highest BCUT2D eigenvalue weighted by molar-refractivity contribution is 5.93. The minimum absolute atomic E-state index is 0.0475. The zero-order valence-corrected chi connectivity index (χ0v) is 28.1. The average molecular weight is 783 g/mol. The molecule has 56 heavy (non-hydrogen) atoms. The molecule has 1 aliphatic heterocycles. The molecule has 5 rings (SSSR count). The van der Waals surface area contributed by atoms with Gasteiger partial charge in [0.25, 0.3) is 0 Å². The second kappa shape index (κ2) is 16.2. The van der Waals surface area contributed by atoms with Crippen LogP contribution < -0.4 is 0 Å². The van der Waals surface area contributed by atoms with Crippen LogP contribution in [0.2, 0.25) is 0 Å². The number of phenolic OH excluding ortho intramolecular Hbond substituents is 10. The number of carbonyl (C=O) groups is 4. The number of carbonyl (C=O) groups excluding carboxylic acids is 4. The number of esters is 4. The summed E-state index contributed by atoms with van der Waals surface area (Å²) in [4.78, 5) is 52.9. The number of aliphatic hydroxyl groups excluding tert-OH is 1. The fraction of sp³-hybridized carbons (Fsp3) is 0.167. The summed E-state index contributed by atoms with van der Waals surface area (Å²) in [7, 11) is 0. The number of hydrogen-bond acceptors (Lipinski definition) is 20. The van der Waals surface area contributed by atoms with E-state index < -0.39 is 130 Å². The maximum Gasteiger partial charge on any atom is 0.339 e. The number of hydrogen-bond donors (Lipinski definition) is 11. The third-order valence-corrected chi connectivity index (χ3v) is 7.95. The lowest BCUT2D eigenvalue weighted by atomic mass is 9.97. The Labute approximate surface area is 312 Å². The predicted molar refractivity (Wildman–Crippen MR) is 181 cm³/mol. The minimum Gasteiger partial charge on any atom is -0.508 e. The van der Waals surface area contributed by atoms with Gasteiger partial charge in [0.1, 0.15) is 18.5 Å². The van der Waals surface area contributed by atoms with E-state index in [0.29, 0.717) is 42.0 Å². The first kappa shape index (κ1) is 39.6. The number of benzene rings is 4. The van der Waals surface area contributed by atoms with Gasteiger partial charge in [0, 0.05) is 6.08 Å². The molecule has 20 heteroatoms. The first-order valence-electron chi connectivity index (χ1n) is 15.8. The standard InChI is InChI=1S/C36H30O20/c37-18-4-1-14(2-5-18)3-6-26(44)52-13-25-30(54-33(48)15-7-19(38)27(45)20(39)8-15)31(55-34(49)16-9-21(40)28(46)22(41)10-16)32(36(51)53-25)56-35(50)17-11-23(42)29(47)24(43)12-17/h1-12,25,30-32,36-43,45-47,51H,13H2/b6-3+/t25-,30-,31+,32-,36-/m1/s1. The third-order valence-electron chi connectivity index (χ3n) is 7.95. The Morgan fingerprint density at radius 3 is 1.34 bits per heavy atom. The Morgan fingerprint density at radius 1 is 0.554 bits per heavy atom. The van der Waals surface area contributed by atoms with Gasteiger partial charge >= 0.3 is 23.9 Å². The SMILES string of the molecule is O=C(/C=C/c1ccc(O)cc1)OC[C@H]1O[C@@H](O)[C@H](OC(=O)c2cc(O)c(O)c(O)c2)[C@@H](OC(=O)c2cc(O)c(O)c(O)c2)[C@@H]1OC(=O)c1cc(O)c(O)c(O)c1. The van der Waals surface area contributed by atoms with E-state index in [1.165, 1.54) is 30.3 Å². The Morgan fingerprint density at radius 2 is 0.929 bits per heavy atom. The van der Waals surface area contributed by atoms with Crippen molar-refractivity contribution in [2.24, 2.45) is 0 Å². The molecule has 1 aliphatic rings. The summed E-state index contributed by atoms with van der Waals surface area (Å²) in [5.41, 5.74) is -1.51. The van der Waals surface area contributed by atoms with Gasteiger partial charge in [-0.2, -0.15) is 0 Å². The number of phenols is 10. The van der Waals surface area contributed by atoms with Crippen LogP contribution >= 0.6 is 0 Å². The van der Waals surface area contributed by atoms with Gasteiger partial charge in [-0.1, -0.05) is 12.1 Å². The van der Waals surface area contributed by atoms with E-state index in [1.54, 1.807) is 0 Å². The molecule has 0 saturated carbocycles. The summed E-state index contributed by atoms with van der Waals surface area (Å²) in [6.07, 6.45) is -8.47. The molecule has 1 saturated heterocycles. The van der Waals surface area contributed by atoms with Crippen molar-refractivity contribution in [1.29, 1.82) is 0 Å². The molecule has 0 aromatic heterocycles. The van der Waals surface area contributed by atoms with Crippen molar-refractivity contribution in [3.63, 3.8) is 0 Å². The normalized spacial score (nSPS) is 19.2. The quantitative estimate of drug-likeness (QED) is 0.0472. The van der Waals surface area contributed by atoms with Crippen LogP contribution in [0.25, 0.3) is 6.08 Å². The summed E-state index contributed by atoms with van der Waals surface area (Å²) >= 11 is 0. The topological polar surface area (TPSA) is 337 Å². The van der Waals surface area contributed by atoms with Crippen molar-refractivity contribution >= 4 is 30.0 Å². The van der Waals surface area contributed by atoms with Crippen LogP contribution in [0.1, 0.15) is 36.6 Å². The molecular weight excluding hydrogens is 752 g/mol. The molecule has 11 N–H and O–H groups in total. The molecule has 0 bridgehead atoms. The maximum atomic E-state index is 13.5. The summed E-state index contributed by atoms with van der Waals surface area (Å²) < 4.78 is 27.1. The lowest BCUT2D eigenvalue weighted by molar-refractivity contribution is -0.285. The van der Waals surface area contributed by atoms with Gasteiger partial charge in [-0.15, -0.1) is 0 Å². The molecule has 4 aromatic carbocycles. The fourth-order valence-corrected chi connectivity index (χ4v) is 5.13.